The van der Waals surface area contributed by atoms with Crippen LogP contribution < -0.4 is 16.0 Å². The normalized spacial score (nSPS) is 13.8. The van der Waals surface area contributed by atoms with Crippen LogP contribution in [-0.4, -0.2) is 24.4 Å². The Bertz CT molecular complexity index is 888. The van der Waals surface area contributed by atoms with E-state index in [1.807, 2.05) is 0 Å². The number of nitrogens with one attached hydrogen (secondary N) is 3. The molecule has 156 valence electrons. The molecule has 8 heteroatoms. The van der Waals surface area contributed by atoms with Crippen molar-refractivity contribution < 1.29 is 18.4 Å². The van der Waals surface area contributed by atoms with Gasteiger partial charge in [-0.15, -0.1) is 12.4 Å². The lowest BCUT2D eigenvalue weighted by Crippen LogP contribution is -2.47. The van der Waals surface area contributed by atoms with E-state index in [2.05, 4.69) is 16.0 Å². The average Bonchev–Trinajstić information content (AvgIpc) is 2.68. The molecule has 29 heavy (non-hydrogen) atoms. The summed E-state index contributed by atoms with van der Waals surface area (Å²) in [6, 6.07) is 7.51. The van der Waals surface area contributed by atoms with Crippen molar-refractivity contribution in [3.8, 4) is 0 Å². The zero-order chi connectivity index (χ0) is 20.3. The molecule has 0 fully saturated rings. The molecule has 0 aromatic heterocycles. The molecule has 2 aromatic rings. The highest BCUT2D eigenvalue weighted by atomic mass is 35.5. The molecular formula is C21H24ClF2N3O2. The third kappa shape index (κ3) is 5.31. The first-order valence-electron chi connectivity index (χ1n) is 9.25. The monoisotopic (exact) mass is 423 g/mol. The van der Waals surface area contributed by atoms with Gasteiger partial charge < -0.3 is 16.0 Å². The van der Waals surface area contributed by atoms with Gasteiger partial charge in [0, 0.05) is 12.1 Å². The summed E-state index contributed by atoms with van der Waals surface area (Å²) in [5, 5.41) is 8.42. The summed E-state index contributed by atoms with van der Waals surface area (Å²) in [6.45, 7) is 4.85. The molecule has 0 spiro atoms. The summed E-state index contributed by atoms with van der Waals surface area (Å²) in [5.41, 5.74) is 1.83. The van der Waals surface area contributed by atoms with E-state index in [0.717, 1.165) is 5.56 Å². The van der Waals surface area contributed by atoms with Crippen LogP contribution in [0.15, 0.2) is 36.4 Å². The van der Waals surface area contributed by atoms with E-state index in [4.69, 9.17) is 0 Å². The highest BCUT2D eigenvalue weighted by Crippen LogP contribution is 2.25. The molecule has 2 amide bonds. The van der Waals surface area contributed by atoms with Crippen LogP contribution in [0.3, 0.4) is 0 Å². The quantitative estimate of drug-likeness (QED) is 0.690. The van der Waals surface area contributed by atoms with Crippen molar-refractivity contribution in [1.29, 1.82) is 0 Å². The lowest BCUT2D eigenvalue weighted by Gasteiger charge is -2.23. The van der Waals surface area contributed by atoms with Crippen molar-refractivity contribution in [2.24, 2.45) is 5.92 Å². The van der Waals surface area contributed by atoms with E-state index in [-0.39, 0.29) is 29.6 Å². The molecule has 0 aliphatic carbocycles. The van der Waals surface area contributed by atoms with E-state index in [0.29, 0.717) is 25.1 Å². The Morgan fingerprint density at radius 2 is 1.76 bits per heavy atom. The van der Waals surface area contributed by atoms with Crippen molar-refractivity contribution >= 4 is 29.9 Å². The molecular weight excluding hydrogens is 400 g/mol. The summed E-state index contributed by atoms with van der Waals surface area (Å²) < 4.78 is 27.8. The predicted molar refractivity (Wildman–Crippen MR) is 110 cm³/mol. The van der Waals surface area contributed by atoms with Crippen LogP contribution in [-0.2, 0) is 17.8 Å². The second-order valence-electron chi connectivity index (χ2n) is 7.18. The molecule has 1 unspecified atom stereocenters. The van der Waals surface area contributed by atoms with Crippen molar-refractivity contribution in [3.63, 3.8) is 0 Å². The number of carbonyl (C=O) groups excluding carboxylic acids is 2. The molecule has 3 rings (SSSR count). The summed E-state index contributed by atoms with van der Waals surface area (Å²) in [4.78, 5) is 25.1. The van der Waals surface area contributed by atoms with E-state index < -0.39 is 29.5 Å². The molecule has 0 bridgehead atoms. The number of carbonyl (C=O) groups is 2. The molecule has 0 radical (unpaired) electrons. The van der Waals surface area contributed by atoms with Crippen LogP contribution in [0.25, 0.3) is 0 Å². The fraction of sp³-hybridized carbons (Fsp3) is 0.333. The maximum absolute atomic E-state index is 14.8. The summed E-state index contributed by atoms with van der Waals surface area (Å²) in [7, 11) is 0. The number of rotatable bonds is 5. The van der Waals surface area contributed by atoms with E-state index in [9.17, 15) is 18.4 Å². The van der Waals surface area contributed by atoms with Gasteiger partial charge in [0.25, 0.3) is 5.91 Å². The van der Waals surface area contributed by atoms with Crippen LogP contribution in [0.2, 0.25) is 0 Å². The lowest BCUT2D eigenvalue weighted by atomic mass is 9.99. The second-order valence-corrected chi connectivity index (χ2v) is 7.18. The average molecular weight is 424 g/mol. The number of hydrogen-bond donors (Lipinski definition) is 3. The molecule has 1 aliphatic heterocycles. The Balaban J connectivity index is 0.00000300. The van der Waals surface area contributed by atoms with Crippen molar-refractivity contribution in [2.45, 2.75) is 32.9 Å². The Labute approximate surface area is 174 Å². The Hall–Kier alpha value is -2.51. The van der Waals surface area contributed by atoms with Gasteiger partial charge in [-0.1, -0.05) is 19.9 Å². The van der Waals surface area contributed by atoms with E-state index >= 15 is 0 Å². The first-order chi connectivity index (χ1) is 13.4. The zero-order valence-electron chi connectivity index (χ0n) is 16.2. The number of hydrogen-bond acceptors (Lipinski definition) is 3. The van der Waals surface area contributed by atoms with Crippen LogP contribution in [0.1, 0.15) is 35.3 Å². The smallest absolute Gasteiger partial charge is 0.251 e. The van der Waals surface area contributed by atoms with Crippen molar-refractivity contribution in [1.82, 2.24) is 10.6 Å². The zero-order valence-corrected chi connectivity index (χ0v) is 17.0. The summed E-state index contributed by atoms with van der Waals surface area (Å²) in [6.07, 6.45) is 0.555. The molecule has 0 saturated carbocycles. The largest absolute Gasteiger partial charge is 0.340 e. The molecule has 2 aromatic carbocycles. The van der Waals surface area contributed by atoms with Crippen LogP contribution >= 0.6 is 12.4 Å². The van der Waals surface area contributed by atoms with Crippen LogP contribution in [0.5, 0.6) is 0 Å². The number of fused-ring (bicyclic) bond motifs is 1. The summed E-state index contributed by atoms with van der Waals surface area (Å²) >= 11 is 0. The molecule has 5 nitrogen and oxygen atoms in total. The van der Waals surface area contributed by atoms with Gasteiger partial charge >= 0.3 is 0 Å². The minimum atomic E-state index is -0.866. The maximum atomic E-state index is 14.8. The Kier molecular flexibility index (Phi) is 7.70. The van der Waals surface area contributed by atoms with Gasteiger partial charge in [0.2, 0.25) is 5.91 Å². The molecule has 3 N–H and O–H groups in total. The lowest BCUT2D eigenvalue weighted by molar-refractivity contribution is -0.118. The van der Waals surface area contributed by atoms with Crippen LogP contribution in [0.4, 0.5) is 14.5 Å². The summed E-state index contributed by atoms with van der Waals surface area (Å²) in [5.74, 6) is -2.11. The maximum Gasteiger partial charge on any atom is 0.251 e. The highest BCUT2D eigenvalue weighted by Gasteiger charge is 2.26. The van der Waals surface area contributed by atoms with Crippen LogP contribution in [0, 0.1) is 17.6 Å². The van der Waals surface area contributed by atoms with Gasteiger partial charge in [0.05, 0.1) is 5.69 Å². The first-order valence-corrected chi connectivity index (χ1v) is 9.25. The third-order valence-electron chi connectivity index (χ3n) is 4.81. The Morgan fingerprint density at radius 1 is 1.07 bits per heavy atom. The Morgan fingerprint density at radius 3 is 2.41 bits per heavy atom. The number of amides is 2. The fourth-order valence-corrected chi connectivity index (χ4v) is 3.20. The molecule has 1 atom stereocenters. The van der Waals surface area contributed by atoms with Gasteiger partial charge in [0.1, 0.15) is 17.7 Å². The second kappa shape index (κ2) is 9.80. The predicted octanol–water partition coefficient (Wildman–Crippen LogP) is 3.43. The van der Waals surface area contributed by atoms with E-state index in [1.165, 1.54) is 30.3 Å². The van der Waals surface area contributed by atoms with Crippen molar-refractivity contribution in [2.75, 3.05) is 11.9 Å². The van der Waals surface area contributed by atoms with E-state index in [1.54, 1.807) is 19.9 Å². The topological polar surface area (TPSA) is 70.2 Å². The van der Waals surface area contributed by atoms with Gasteiger partial charge in [-0.3, -0.25) is 9.59 Å². The molecule has 1 heterocycles. The van der Waals surface area contributed by atoms with Gasteiger partial charge in [-0.25, -0.2) is 8.78 Å². The third-order valence-corrected chi connectivity index (χ3v) is 4.81. The molecule has 1 aliphatic rings. The number of anilines is 1. The minimum absolute atomic E-state index is 0. The first kappa shape index (κ1) is 22.8. The van der Waals surface area contributed by atoms with Gasteiger partial charge in [-0.2, -0.15) is 0 Å². The fourth-order valence-electron chi connectivity index (χ4n) is 3.20. The minimum Gasteiger partial charge on any atom is -0.340 e. The number of benzene rings is 2. The van der Waals surface area contributed by atoms with Gasteiger partial charge in [0.15, 0.2) is 0 Å². The molecule has 0 saturated heterocycles. The van der Waals surface area contributed by atoms with Gasteiger partial charge in [-0.05, 0) is 60.3 Å². The van der Waals surface area contributed by atoms with Crippen molar-refractivity contribution in [3.05, 3.63) is 64.7 Å². The number of halogens is 3. The standard InChI is InChI=1S/C21H23F2N3O2.ClH/c1-12(2)19(26-20(27)13-3-6-15(22)7-4-13)21(28)25-17-8-5-14-11-24-10-9-16(14)18(17)23;/h3-8,12,19,24H,9-11H2,1-2H3,(H,25,28)(H,26,27);1H. The highest BCUT2D eigenvalue weighted by molar-refractivity contribution is 6.01. The SMILES string of the molecule is CC(C)C(NC(=O)c1ccc(F)cc1)C(=O)Nc1ccc2c(c1F)CCNC2.Cl.